The van der Waals surface area contributed by atoms with Gasteiger partial charge in [-0.1, -0.05) is 22.9 Å². The third kappa shape index (κ3) is 2.55. The third-order valence-corrected chi connectivity index (χ3v) is 5.32. The number of carboxylic acid groups (broad SMARTS) is 1. The molecule has 0 radical (unpaired) electrons. The van der Waals surface area contributed by atoms with E-state index in [-0.39, 0.29) is 5.56 Å². The van der Waals surface area contributed by atoms with Crippen molar-refractivity contribution in [1.29, 1.82) is 0 Å². The molecular weight excluding hydrogens is 324 g/mol. The molecular formula is C11H5ClN2O2S3. The second kappa shape index (κ2) is 5.01. The molecule has 1 N–H and O–H groups in total. The largest absolute Gasteiger partial charge is 0.478 e. The molecule has 96 valence electrons. The topological polar surface area (TPSA) is 63.1 Å². The molecule has 0 saturated heterocycles. The molecule has 19 heavy (non-hydrogen) atoms. The fraction of sp³-hybridized carbons (Fsp3) is 0. The van der Waals surface area contributed by atoms with Crippen LogP contribution in [0.2, 0.25) is 4.34 Å². The molecule has 0 amide bonds. The van der Waals surface area contributed by atoms with Gasteiger partial charge >= 0.3 is 5.97 Å². The maximum absolute atomic E-state index is 10.8. The van der Waals surface area contributed by atoms with Crippen LogP contribution in [-0.4, -0.2) is 21.0 Å². The minimum absolute atomic E-state index is 0.284. The molecule has 0 atom stereocenters. The zero-order valence-electron chi connectivity index (χ0n) is 9.16. The van der Waals surface area contributed by atoms with Crippen LogP contribution >= 0.6 is 45.6 Å². The number of aromatic nitrogens is 2. The molecule has 3 aromatic rings. The van der Waals surface area contributed by atoms with Gasteiger partial charge in [-0.05, 0) is 6.07 Å². The van der Waals surface area contributed by atoms with Gasteiger partial charge in [-0.3, -0.25) is 0 Å². The third-order valence-electron chi connectivity index (χ3n) is 2.26. The number of nitrogens with zero attached hydrogens (tertiary/aromatic N) is 2. The highest BCUT2D eigenvalue weighted by molar-refractivity contribution is 7.23. The van der Waals surface area contributed by atoms with E-state index in [1.807, 2.05) is 5.38 Å². The van der Waals surface area contributed by atoms with E-state index < -0.39 is 5.97 Å². The summed E-state index contributed by atoms with van der Waals surface area (Å²) in [7, 11) is 0. The summed E-state index contributed by atoms with van der Waals surface area (Å²) in [5.41, 5.74) is 1.05. The van der Waals surface area contributed by atoms with Crippen LogP contribution in [0.15, 0.2) is 23.0 Å². The van der Waals surface area contributed by atoms with Crippen molar-refractivity contribution in [3.05, 3.63) is 32.9 Å². The first-order valence-corrected chi connectivity index (χ1v) is 7.98. The van der Waals surface area contributed by atoms with Gasteiger partial charge < -0.3 is 5.11 Å². The molecule has 0 aliphatic rings. The minimum atomic E-state index is -0.926. The molecule has 8 heteroatoms. The number of carboxylic acids is 1. The Hall–Kier alpha value is -1.28. The van der Waals surface area contributed by atoms with Gasteiger partial charge in [-0.15, -0.1) is 22.7 Å². The van der Waals surface area contributed by atoms with Crippen LogP contribution in [0.4, 0.5) is 0 Å². The van der Waals surface area contributed by atoms with Crippen LogP contribution in [0.1, 0.15) is 10.4 Å². The molecule has 0 aliphatic carbocycles. The molecule has 0 aliphatic heterocycles. The van der Waals surface area contributed by atoms with Crippen LogP contribution < -0.4 is 0 Å². The van der Waals surface area contributed by atoms with Crippen LogP contribution in [0, 0.1) is 0 Å². The Bertz CT molecular complexity index is 747. The average molecular weight is 329 g/mol. The fourth-order valence-corrected chi connectivity index (χ4v) is 4.11. The van der Waals surface area contributed by atoms with E-state index in [1.54, 1.807) is 17.6 Å². The van der Waals surface area contributed by atoms with Crippen LogP contribution in [0.5, 0.6) is 0 Å². The van der Waals surface area contributed by atoms with Crippen molar-refractivity contribution in [2.24, 2.45) is 0 Å². The number of carbonyl (C=O) groups is 1. The maximum atomic E-state index is 10.8. The second-order valence-corrected chi connectivity index (χ2v) is 6.94. The monoisotopic (exact) mass is 328 g/mol. The van der Waals surface area contributed by atoms with Gasteiger partial charge in [0.1, 0.15) is 4.34 Å². The molecule has 0 unspecified atom stereocenters. The summed E-state index contributed by atoms with van der Waals surface area (Å²) in [6.07, 6.45) is 1.59. The average Bonchev–Trinajstić information content (AvgIpc) is 3.07. The highest BCUT2D eigenvalue weighted by Crippen LogP contribution is 2.34. The van der Waals surface area contributed by atoms with Gasteiger partial charge in [0.05, 0.1) is 22.3 Å². The number of thiophene rings is 1. The van der Waals surface area contributed by atoms with E-state index in [1.165, 1.54) is 34.0 Å². The van der Waals surface area contributed by atoms with Crippen LogP contribution in [0.3, 0.4) is 0 Å². The van der Waals surface area contributed by atoms with Gasteiger partial charge in [-0.25, -0.2) is 14.8 Å². The van der Waals surface area contributed by atoms with E-state index in [4.69, 9.17) is 16.7 Å². The van der Waals surface area contributed by atoms with E-state index in [9.17, 15) is 4.79 Å². The zero-order chi connectivity index (χ0) is 13.4. The Morgan fingerprint density at radius 2 is 2.11 bits per heavy atom. The summed E-state index contributed by atoms with van der Waals surface area (Å²) in [5.74, 6) is -0.926. The van der Waals surface area contributed by atoms with Crippen molar-refractivity contribution in [3.63, 3.8) is 0 Å². The van der Waals surface area contributed by atoms with Crippen molar-refractivity contribution < 1.29 is 9.90 Å². The van der Waals surface area contributed by atoms with Gasteiger partial charge in [0, 0.05) is 10.8 Å². The van der Waals surface area contributed by atoms with E-state index in [0.29, 0.717) is 4.34 Å². The highest BCUT2D eigenvalue weighted by Gasteiger charge is 2.13. The fourth-order valence-electron chi connectivity index (χ4n) is 1.42. The predicted octanol–water partition coefficient (Wildman–Crippen LogP) is 4.35. The van der Waals surface area contributed by atoms with Crippen molar-refractivity contribution in [2.45, 2.75) is 0 Å². The molecule has 0 spiro atoms. The summed E-state index contributed by atoms with van der Waals surface area (Å²) >= 11 is 10.0. The lowest BCUT2D eigenvalue weighted by atomic mass is 10.3. The van der Waals surface area contributed by atoms with Gasteiger partial charge in [-0.2, -0.15) is 0 Å². The number of rotatable bonds is 3. The van der Waals surface area contributed by atoms with Crippen molar-refractivity contribution in [3.8, 4) is 20.6 Å². The number of thiazole rings is 2. The molecule has 0 saturated carbocycles. The van der Waals surface area contributed by atoms with Crippen molar-refractivity contribution in [2.75, 3.05) is 0 Å². The first kappa shape index (κ1) is 12.7. The number of halogens is 1. The Morgan fingerprint density at radius 1 is 1.26 bits per heavy atom. The first-order valence-electron chi connectivity index (χ1n) is 5.03. The number of hydrogen-bond acceptors (Lipinski definition) is 6. The molecule has 0 bridgehead atoms. The molecule has 0 fully saturated rings. The Morgan fingerprint density at radius 3 is 2.74 bits per heavy atom. The molecule has 3 rings (SSSR count). The molecule has 3 heterocycles. The standard InChI is InChI=1S/C11H5ClN2O2S3/c12-8-2-13-9(19-8)10-14-6(4-18-10)7-1-5(3-17-7)11(15)16/h1-4H,(H,15,16). The summed E-state index contributed by atoms with van der Waals surface area (Å²) in [5, 5.41) is 14.0. The van der Waals surface area contributed by atoms with E-state index in [0.717, 1.165) is 20.6 Å². The SMILES string of the molecule is O=C(O)c1csc(-c2csc(-c3ncc(Cl)s3)n2)c1. The first-order chi connectivity index (χ1) is 9.13. The quantitative estimate of drug-likeness (QED) is 0.776. The normalized spacial score (nSPS) is 10.8. The molecule has 3 aromatic heterocycles. The highest BCUT2D eigenvalue weighted by atomic mass is 35.5. The van der Waals surface area contributed by atoms with E-state index in [2.05, 4.69) is 9.97 Å². The summed E-state index contributed by atoms with van der Waals surface area (Å²) in [6, 6.07) is 1.63. The van der Waals surface area contributed by atoms with Crippen molar-refractivity contribution in [1.82, 2.24) is 9.97 Å². The van der Waals surface area contributed by atoms with Gasteiger partial charge in [0.2, 0.25) is 0 Å². The Balaban J connectivity index is 1.94. The lowest BCUT2D eigenvalue weighted by Crippen LogP contribution is -1.91. The van der Waals surface area contributed by atoms with Gasteiger partial charge in [0.25, 0.3) is 0 Å². The molecule has 0 aromatic carbocycles. The van der Waals surface area contributed by atoms with Crippen LogP contribution in [-0.2, 0) is 0 Å². The molecule has 4 nitrogen and oxygen atoms in total. The van der Waals surface area contributed by atoms with Crippen LogP contribution in [0.25, 0.3) is 20.6 Å². The smallest absolute Gasteiger partial charge is 0.336 e. The second-order valence-electron chi connectivity index (χ2n) is 3.51. The van der Waals surface area contributed by atoms with Gasteiger partial charge in [0.15, 0.2) is 10.0 Å². The number of aromatic carboxylic acids is 1. The minimum Gasteiger partial charge on any atom is -0.478 e. The van der Waals surface area contributed by atoms with E-state index >= 15 is 0 Å². The zero-order valence-corrected chi connectivity index (χ0v) is 12.4. The summed E-state index contributed by atoms with van der Waals surface area (Å²) in [4.78, 5) is 20.3. The number of hydrogen-bond donors (Lipinski definition) is 1. The lowest BCUT2D eigenvalue weighted by Gasteiger charge is -1.88. The Labute approximate surface area is 125 Å². The Kier molecular flexibility index (Phi) is 3.36. The maximum Gasteiger partial charge on any atom is 0.336 e. The summed E-state index contributed by atoms with van der Waals surface area (Å²) < 4.78 is 0.621. The lowest BCUT2D eigenvalue weighted by molar-refractivity contribution is 0.0697. The summed E-state index contributed by atoms with van der Waals surface area (Å²) in [6.45, 7) is 0. The van der Waals surface area contributed by atoms with Crippen molar-refractivity contribution >= 4 is 51.6 Å². The predicted molar refractivity (Wildman–Crippen MR) is 78.5 cm³/mol.